The summed E-state index contributed by atoms with van der Waals surface area (Å²) in [4.78, 5) is 16.6. The molecule has 8 heteroatoms. The first kappa shape index (κ1) is 27.9. The van der Waals surface area contributed by atoms with Gasteiger partial charge >= 0.3 is 6.03 Å². The number of benzene rings is 3. The van der Waals surface area contributed by atoms with Crippen molar-refractivity contribution in [2.75, 3.05) is 17.6 Å². The maximum Gasteiger partial charge on any atom is 0.319 e. The highest BCUT2D eigenvalue weighted by Crippen LogP contribution is 2.48. The van der Waals surface area contributed by atoms with Gasteiger partial charge in [0.2, 0.25) is 0 Å². The third-order valence-corrected chi connectivity index (χ3v) is 7.79. The number of amides is 2. The van der Waals surface area contributed by atoms with Crippen molar-refractivity contribution in [3.63, 3.8) is 0 Å². The standard InChI is InChI=1S/C32H33N3O4S/c1-2-33-32(37)35-26-12-8-11-25(19-26)31-38-27(21-40-28-13-6-7-18-34-28)29(23-9-4-3-5-10-23)30(39-31)24-16-14-22(20-36)15-17-24/h3-19,27,29-31,36H,2,20-21H2,1H3,(H2,33,35,37). The Morgan fingerprint density at radius 1 is 0.900 bits per heavy atom. The molecule has 3 N–H and O–H groups in total. The van der Waals surface area contributed by atoms with Crippen LogP contribution >= 0.6 is 11.8 Å². The van der Waals surface area contributed by atoms with Crippen LogP contribution in [0.4, 0.5) is 10.5 Å². The molecule has 0 radical (unpaired) electrons. The van der Waals surface area contributed by atoms with E-state index in [1.54, 1.807) is 18.0 Å². The Morgan fingerprint density at radius 2 is 1.68 bits per heavy atom. The number of ether oxygens (including phenoxy) is 2. The van der Waals surface area contributed by atoms with Gasteiger partial charge in [0.25, 0.3) is 0 Å². The zero-order chi connectivity index (χ0) is 27.7. The van der Waals surface area contributed by atoms with Gasteiger partial charge < -0.3 is 25.2 Å². The van der Waals surface area contributed by atoms with E-state index in [9.17, 15) is 9.90 Å². The Labute approximate surface area is 239 Å². The summed E-state index contributed by atoms with van der Waals surface area (Å²) in [5.41, 5.74) is 4.43. The van der Waals surface area contributed by atoms with Gasteiger partial charge in [0, 0.05) is 35.7 Å². The summed E-state index contributed by atoms with van der Waals surface area (Å²) in [6.07, 6.45) is 0.607. The van der Waals surface area contributed by atoms with Crippen LogP contribution in [0.3, 0.4) is 0 Å². The molecule has 0 aliphatic carbocycles. The van der Waals surface area contributed by atoms with Crippen LogP contribution in [-0.2, 0) is 16.1 Å². The van der Waals surface area contributed by atoms with Gasteiger partial charge in [-0.15, -0.1) is 11.8 Å². The molecule has 4 unspecified atom stereocenters. The van der Waals surface area contributed by atoms with Crippen LogP contribution in [0.25, 0.3) is 0 Å². The molecular formula is C32H33N3O4S. The lowest BCUT2D eigenvalue weighted by atomic mass is 9.84. The van der Waals surface area contributed by atoms with Crippen molar-refractivity contribution in [1.82, 2.24) is 10.3 Å². The lowest BCUT2D eigenvalue weighted by molar-refractivity contribution is -0.255. The second-order valence-electron chi connectivity index (χ2n) is 9.49. The molecule has 0 bridgehead atoms. The highest BCUT2D eigenvalue weighted by Gasteiger charge is 2.42. The zero-order valence-corrected chi connectivity index (χ0v) is 23.1. The van der Waals surface area contributed by atoms with Gasteiger partial charge in [-0.05, 0) is 47.9 Å². The molecule has 206 valence electrons. The summed E-state index contributed by atoms with van der Waals surface area (Å²) in [5.74, 6) is 0.573. The average Bonchev–Trinajstić information content (AvgIpc) is 3.01. The molecule has 0 spiro atoms. The van der Waals surface area contributed by atoms with Gasteiger partial charge in [-0.25, -0.2) is 9.78 Å². The first-order chi connectivity index (χ1) is 19.6. The molecule has 40 heavy (non-hydrogen) atoms. The van der Waals surface area contributed by atoms with Gasteiger partial charge in [0.15, 0.2) is 6.29 Å². The van der Waals surface area contributed by atoms with E-state index in [1.165, 1.54) is 0 Å². The Kier molecular flexibility index (Phi) is 9.46. The molecule has 2 amide bonds. The SMILES string of the molecule is CCNC(=O)Nc1cccc(C2OC(CSc3ccccn3)C(c3ccccc3)C(c3ccc(CO)cc3)O2)c1. The maximum absolute atomic E-state index is 12.2. The molecule has 4 atom stereocenters. The van der Waals surface area contributed by atoms with Crippen LogP contribution in [-0.4, -0.2) is 34.5 Å². The Morgan fingerprint density at radius 3 is 2.40 bits per heavy atom. The van der Waals surface area contributed by atoms with Crippen LogP contribution in [0.1, 0.15) is 47.5 Å². The van der Waals surface area contributed by atoms with Crippen molar-refractivity contribution in [3.8, 4) is 0 Å². The largest absolute Gasteiger partial charge is 0.392 e. The number of nitrogens with zero attached hydrogens (tertiary/aromatic N) is 1. The molecule has 7 nitrogen and oxygen atoms in total. The second kappa shape index (κ2) is 13.6. The fourth-order valence-corrected chi connectivity index (χ4v) is 5.78. The summed E-state index contributed by atoms with van der Waals surface area (Å²) in [6.45, 7) is 2.39. The number of anilines is 1. The number of aromatic nitrogens is 1. The molecule has 0 saturated carbocycles. The van der Waals surface area contributed by atoms with Gasteiger partial charge in [-0.3, -0.25) is 0 Å². The molecular weight excluding hydrogens is 522 g/mol. The van der Waals surface area contributed by atoms with Gasteiger partial charge in [-0.1, -0.05) is 72.8 Å². The van der Waals surface area contributed by atoms with E-state index in [0.717, 1.165) is 27.3 Å². The van der Waals surface area contributed by atoms with E-state index in [-0.39, 0.29) is 30.8 Å². The fraction of sp³-hybridized carbons (Fsp3) is 0.250. The monoisotopic (exact) mass is 555 g/mol. The van der Waals surface area contributed by atoms with Crippen molar-refractivity contribution in [3.05, 3.63) is 126 Å². The third kappa shape index (κ3) is 6.89. The summed E-state index contributed by atoms with van der Waals surface area (Å²) in [6, 6.07) is 31.4. The molecule has 1 fully saturated rings. The van der Waals surface area contributed by atoms with Gasteiger partial charge in [0.1, 0.15) is 0 Å². The lowest BCUT2D eigenvalue weighted by Crippen LogP contribution is -2.38. The summed E-state index contributed by atoms with van der Waals surface area (Å²) in [5, 5.41) is 16.2. The minimum absolute atomic E-state index is 0.0194. The number of thioether (sulfide) groups is 1. The molecule has 1 aliphatic heterocycles. The number of carbonyl (C=O) groups excluding carboxylic acids is 1. The first-order valence-electron chi connectivity index (χ1n) is 13.4. The maximum atomic E-state index is 12.2. The van der Waals surface area contributed by atoms with E-state index in [4.69, 9.17) is 9.47 Å². The average molecular weight is 556 g/mol. The predicted molar refractivity (Wildman–Crippen MR) is 157 cm³/mol. The zero-order valence-electron chi connectivity index (χ0n) is 22.3. The minimum Gasteiger partial charge on any atom is -0.392 e. The quantitative estimate of drug-likeness (QED) is 0.206. The Balaban J connectivity index is 1.51. The number of aliphatic hydroxyl groups is 1. The summed E-state index contributed by atoms with van der Waals surface area (Å²) >= 11 is 1.65. The lowest BCUT2D eigenvalue weighted by Gasteiger charge is -2.43. The van der Waals surface area contributed by atoms with Crippen molar-refractivity contribution in [2.24, 2.45) is 0 Å². The number of hydrogen-bond acceptors (Lipinski definition) is 6. The van der Waals surface area contributed by atoms with Crippen molar-refractivity contribution < 1.29 is 19.4 Å². The molecule has 2 heterocycles. The van der Waals surface area contributed by atoms with Gasteiger partial charge in [0.05, 0.1) is 23.8 Å². The van der Waals surface area contributed by atoms with Crippen molar-refractivity contribution >= 4 is 23.5 Å². The fourth-order valence-electron chi connectivity index (χ4n) is 4.85. The van der Waals surface area contributed by atoms with Crippen LogP contribution in [0, 0.1) is 0 Å². The van der Waals surface area contributed by atoms with Crippen molar-refractivity contribution in [1.29, 1.82) is 0 Å². The number of carbonyl (C=O) groups is 1. The van der Waals surface area contributed by atoms with Crippen LogP contribution in [0.2, 0.25) is 0 Å². The third-order valence-electron chi connectivity index (χ3n) is 6.76. The number of pyridine rings is 1. The van der Waals surface area contributed by atoms with Crippen LogP contribution < -0.4 is 10.6 Å². The van der Waals surface area contributed by atoms with E-state index < -0.39 is 6.29 Å². The van der Waals surface area contributed by atoms with E-state index in [1.807, 2.05) is 91.9 Å². The van der Waals surface area contributed by atoms with E-state index in [0.29, 0.717) is 18.0 Å². The Hall–Kier alpha value is -3.69. The normalized spacial score (nSPS) is 20.6. The molecule has 1 aliphatic rings. The van der Waals surface area contributed by atoms with Crippen molar-refractivity contribution in [2.45, 2.75) is 43.0 Å². The van der Waals surface area contributed by atoms with Gasteiger partial charge in [-0.2, -0.15) is 0 Å². The summed E-state index contributed by atoms with van der Waals surface area (Å²) in [7, 11) is 0. The highest BCUT2D eigenvalue weighted by atomic mass is 32.2. The molecule has 1 saturated heterocycles. The summed E-state index contributed by atoms with van der Waals surface area (Å²) < 4.78 is 13.5. The van der Waals surface area contributed by atoms with E-state index >= 15 is 0 Å². The molecule has 3 aromatic carbocycles. The second-order valence-corrected chi connectivity index (χ2v) is 10.5. The highest BCUT2D eigenvalue weighted by molar-refractivity contribution is 7.99. The molecule has 5 rings (SSSR count). The minimum atomic E-state index is -0.659. The Bertz CT molecular complexity index is 1370. The number of aliphatic hydroxyl groups excluding tert-OH is 1. The predicted octanol–water partition coefficient (Wildman–Crippen LogP) is 6.45. The number of nitrogens with one attached hydrogen (secondary N) is 2. The van der Waals surface area contributed by atoms with Crippen LogP contribution in [0.5, 0.6) is 0 Å². The molecule has 4 aromatic rings. The smallest absolute Gasteiger partial charge is 0.319 e. The first-order valence-corrected chi connectivity index (χ1v) is 14.4. The number of hydrogen-bond donors (Lipinski definition) is 3. The number of rotatable bonds is 9. The van der Waals surface area contributed by atoms with E-state index in [2.05, 4.69) is 27.8 Å². The molecule has 1 aromatic heterocycles. The number of urea groups is 1. The topological polar surface area (TPSA) is 92.7 Å². The van der Waals surface area contributed by atoms with Crippen LogP contribution in [0.15, 0.2) is 108 Å².